The van der Waals surface area contributed by atoms with Crippen LogP contribution in [0.3, 0.4) is 0 Å². The minimum atomic E-state index is 0.403. The molecule has 0 bridgehead atoms. The molecule has 1 aromatic carbocycles. The molecule has 7 heteroatoms. The lowest BCUT2D eigenvalue weighted by Crippen LogP contribution is -2.05. The first-order valence-corrected chi connectivity index (χ1v) is 6.35. The fourth-order valence-electron chi connectivity index (χ4n) is 1.05. The van der Waals surface area contributed by atoms with E-state index in [1.807, 2.05) is 24.3 Å². The number of nitrogens with two attached hydrogens (primary N) is 1. The van der Waals surface area contributed by atoms with E-state index in [0.717, 1.165) is 10.8 Å². The van der Waals surface area contributed by atoms with E-state index >= 15 is 0 Å². The molecule has 1 heterocycles. The van der Waals surface area contributed by atoms with Crippen LogP contribution in [0, 0.1) is 3.57 Å². The molecule has 5 nitrogen and oxygen atoms in total. The predicted octanol–water partition coefficient (Wildman–Crippen LogP) is 2.01. The summed E-state index contributed by atoms with van der Waals surface area (Å²) < 4.78 is 6.72. The molecule has 0 unspecified atom stereocenters. The molecule has 0 saturated carbocycles. The van der Waals surface area contributed by atoms with Crippen molar-refractivity contribution in [3.05, 3.63) is 32.8 Å². The van der Waals surface area contributed by atoms with Crippen LogP contribution in [0.15, 0.2) is 24.3 Å². The van der Waals surface area contributed by atoms with Gasteiger partial charge in [0, 0.05) is 3.57 Å². The molecule has 0 aliphatic rings. The maximum absolute atomic E-state index is 5.54. The van der Waals surface area contributed by atoms with Gasteiger partial charge >= 0.3 is 0 Å². The highest BCUT2D eigenvalue weighted by molar-refractivity contribution is 14.1. The third-order valence-corrected chi connectivity index (χ3v) is 3.31. The molecule has 84 valence electrons. The van der Waals surface area contributed by atoms with Gasteiger partial charge in [0.05, 0.1) is 0 Å². The fourth-order valence-corrected chi connectivity index (χ4v) is 1.97. The van der Waals surface area contributed by atoms with E-state index in [-0.39, 0.29) is 0 Å². The number of benzene rings is 1. The number of hydrogen-bond donors (Lipinski definition) is 2. The lowest BCUT2D eigenvalue weighted by Gasteiger charge is -2.02. The van der Waals surface area contributed by atoms with Crippen LogP contribution < -0.4 is 16.0 Å². The first kappa shape index (κ1) is 11.6. The first-order valence-electron chi connectivity index (χ1n) is 4.45. The van der Waals surface area contributed by atoms with Gasteiger partial charge in [0.25, 0.3) is 0 Å². The van der Waals surface area contributed by atoms with Crippen molar-refractivity contribution in [2.45, 2.75) is 6.61 Å². The van der Waals surface area contributed by atoms with Crippen LogP contribution in [0.4, 0.5) is 5.13 Å². The van der Waals surface area contributed by atoms with Gasteiger partial charge in [-0.2, -0.15) is 0 Å². The van der Waals surface area contributed by atoms with Crippen molar-refractivity contribution < 1.29 is 4.74 Å². The maximum atomic E-state index is 5.54. The molecule has 0 aliphatic heterocycles. The Morgan fingerprint density at radius 3 is 2.69 bits per heavy atom. The number of nitrogens with one attached hydrogen (secondary N) is 1. The second kappa shape index (κ2) is 5.41. The van der Waals surface area contributed by atoms with Crippen molar-refractivity contribution in [2.75, 3.05) is 5.43 Å². The second-order valence-corrected chi connectivity index (χ2v) is 5.20. The third-order valence-electron chi connectivity index (χ3n) is 1.77. The van der Waals surface area contributed by atoms with Gasteiger partial charge < -0.3 is 4.74 Å². The van der Waals surface area contributed by atoms with Crippen LogP contribution >= 0.6 is 33.9 Å². The molecular weight excluding hydrogens is 339 g/mol. The van der Waals surface area contributed by atoms with E-state index in [2.05, 4.69) is 38.2 Å². The number of nitrogens with zero attached hydrogens (tertiary/aromatic N) is 2. The minimum absolute atomic E-state index is 0.403. The minimum Gasteiger partial charge on any atom is -0.486 e. The summed E-state index contributed by atoms with van der Waals surface area (Å²) in [5.74, 6) is 6.02. The highest BCUT2D eigenvalue weighted by Crippen LogP contribution is 2.18. The standard InChI is InChI=1S/C9H9IN4OS/c10-6-1-3-7(4-2-6)15-5-8-13-14-9(12-11)16-8/h1-4H,5,11H2,(H,12,14). The summed E-state index contributed by atoms with van der Waals surface area (Å²) in [6, 6.07) is 7.82. The predicted molar refractivity (Wildman–Crippen MR) is 71.2 cm³/mol. The third kappa shape index (κ3) is 3.03. The molecule has 0 fully saturated rings. The Morgan fingerprint density at radius 2 is 2.06 bits per heavy atom. The zero-order valence-corrected chi connectivity index (χ0v) is 11.2. The average molecular weight is 348 g/mol. The molecule has 0 aliphatic carbocycles. The van der Waals surface area contributed by atoms with Crippen molar-refractivity contribution in [1.82, 2.24) is 10.2 Å². The number of hydrazine groups is 1. The van der Waals surface area contributed by atoms with Gasteiger partial charge in [-0.15, -0.1) is 10.2 Å². The highest BCUT2D eigenvalue weighted by Gasteiger charge is 2.03. The summed E-state index contributed by atoms with van der Waals surface area (Å²) in [5.41, 5.74) is 2.44. The molecule has 2 rings (SSSR count). The monoisotopic (exact) mass is 348 g/mol. The molecule has 1 aromatic heterocycles. The van der Waals surface area contributed by atoms with Crippen LogP contribution in [0.2, 0.25) is 0 Å². The van der Waals surface area contributed by atoms with E-state index in [1.54, 1.807) is 0 Å². The number of aromatic nitrogens is 2. The van der Waals surface area contributed by atoms with E-state index in [9.17, 15) is 0 Å². The summed E-state index contributed by atoms with van der Waals surface area (Å²) in [5, 5.41) is 9.10. The van der Waals surface area contributed by atoms with E-state index < -0.39 is 0 Å². The highest BCUT2D eigenvalue weighted by atomic mass is 127. The zero-order valence-electron chi connectivity index (χ0n) is 8.18. The number of nitrogen functional groups attached to an aromatic ring is 1. The number of rotatable bonds is 4. The molecular formula is C9H9IN4OS. The summed E-state index contributed by atoms with van der Waals surface area (Å²) in [7, 11) is 0. The van der Waals surface area contributed by atoms with Crippen molar-refractivity contribution in [2.24, 2.45) is 5.84 Å². The molecule has 0 spiro atoms. The van der Waals surface area contributed by atoms with Crippen molar-refractivity contribution >= 4 is 39.1 Å². The van der Waals surface area contributed by atoms with Gasteiger partial charge in [0.15, 0.2) is 5.01 Å². The molecule has 16 heavy (non-hydrogen) atoms. The van der Waals surface area contributed by atoms with Crippen LogP contribution in [0.25, 0.3) is 0 Å². The van der Waals surface area contributed by atoms with Crippen LogP contribution in [-0.4, -0.2) is 10.2 Å². The van der Waals surface area contributed by atoms with Gasteiger partial charge in [-0.05, 0) is 46.9 Å². The molecule has 0 amide bonds. The zero-order chi connectivity index (χ0) is 11.4. The normalized spacial score (nSPS) is 10.1. The van der Waals surface area contributed by atoms with Crippen molar-refractivity contribution in [3.8, 4) is 5.75 Å². The molecule has 0 radical (unpaired) electrons. The van der Waals surface area contributed by atoms with Crippen LogP contribution in [0.1, 0.15) is 5.01 Å². The number of ether oxygens (including phenoxy) is 1. The smallest absolute Gasteiger partial charge is 0.219 e. The summed E-state index contributed by atoms with van der Waals surface area (Å²) in [4.78, 5) is 0. The Hall–Kier alpha value is -0.930. The van der Waals surface area contributed by atoms with Crippen LogP contribution in [-0.2, 0) is 6.61 Å². The number of hydrogen-bond acceptors (Lipinski definition) is 6. The quantitative estimate of drug-likeness (QED) is 0.502. The number of halogens is 1. The Bertz CT molecular complexity index is 459. The lowest BCUT2D eigenvalue weighted by atomic mass is 10.3. The van der Waals surface area contributed by atoms with Crippen molar-refractivity contribution in [1.29, 1.82) is 0 Å². The average Bonchev–Trinajstić information content (AvgIpc) is 2.76. The van der Waals surface area contributed by atoms with E-state index in [4.69, 9.17) is 10.6 Å². The Morgan fingerprint density at radius 1 is 1.31 bits per heavy atom. The summed E-state index contributed by atoms with van der Waals surface area (Å²) >= 11 is 3.62. The van der Waals surface area contributed by atoms with Crippen LogP contribution in [0.5, 0.6) is 5.75 Å². The lowest BCUT2D eigenvalue weighted by molar-refractivity contribution is 0.304. The Labute approximate surface area is 110 Å². The second-order valence-electron chi connectivity index (χ2n) is 2.89. The molecule has 2 aromatic rings. The van der Waals surface area contributed by atoms with Gasteiger partial charge in [-0.25, -0.2) is 5.84 Å². The maximum Gasteiger partial charge on any atom is 0.219 e. The van der Waals surface area contributed by atoms with Gasteiger partial charge in [0.1, 0.15) is 12.4 Å². The SMILES string of the molecule is NNc1nnc(COc2ccc(I)cc2)s1. The van der Waals surface area contributed by atoms with Gasteiger partial charge in [0.2, 0.25) is 5.13 Å². The van der Waals surface area contributed by atoms with Gasteiger partial charge in [-0.3, -0.25) is 5.43 Å². The number of anilines is 1. The topological polar surface area (TPSA) is 73.1 Å². The van der Waals surface area contributed by atoms with E-state index in [1.165, 1.54) is 14.9 Å². The first-order chi connectivity index (χ1) is 7.78. The van der Waals surface area contributed by atoms with Crippen molar-refractivity contribution in [3.63, 3.8) is 0 Å². The largest absolute Gasteiger partial charge is 0.486 e. The molecule has 0 atom stereocenters. The Kier molecular flexibility index (Phi) is 3.91. The van der Waals surface area contributed by atoms with Gasteiger partial charge in [-0.1, -0.05) is 11.3 Å². The summed E-state index contributed by atoms with van der Waals surface area (Å²) in [6.07, 6.45) is 0. The molecule has 3 N–H and O–H groups in total. The Balaban J connectivity index is 1.94. The summed E-state index contributed by atoms with van der Waals surface area (Å²) in [6.45, 7) is 0.403. The van der Waals surface area contributed by atoms with E-state index in [0.29, 0.717) is 11.7 Å². The fraction of sp³-hybridized carbons (Fsp3) is 0.111. The molecule has 0 saturated heterocycles.